The lowest BCUT2D eigenvalue weighted by molar-refractivity contribution is -0.121. The van der Waals surface area contributed by atoms with Gasteiger partial charge in [-0.3, -0.25) is 4.79 Å². The van der Waals surface area contributed by atoms with E-state index in [0.717, 1.165) is 23.7 Å². The Bertz CT molecular complexity index is 510. The molecular weight excluding hydrogens is 300 g/mol. The summed E-state index contributed by atoms with van der Waals surface area (Å²) in [6.07, 6.45) is 8.32. The summed E-state index contributed by atoms with van der Waals surface area (Å²) in [5, 5.41) is 3.12. The predicted octanol–water partition coefficient (Wildman–Crippen LogP) is 3.77. The molecule has 1 aromatic carbocycles. The fourth-order valence-corrected chi connectivity index (χ4v) is 3.62. The summed E-state index contributed by atoms with van der Waals surface area (Å²) in [6.45, 7) is 0.608. The van der Waals surface area contributed by atoms with Gasteiger partial charge < -0.3 is 15.0 Å². The van der Waals surface area contributed by atoms with Crippen molar-refractivity contribution in [3.05, 3.63) is 29.8 Å². The minimum atomic E-state index is 0.111. The lowest BCUT2D eigenvalue weighted by Gasteiger charge is -2.27. The molecule has 1 aromatic rings. The molecule has 1 atom stereocenters. The number of benzene rings is 1. The van der Waals surface area contributed by atoms with Crippen molar-refractivity contribution in [1.29, 1.82) is 0 Å². The van der Waals surface area contributed by atoms with Gasteiger partial charge in [-0.15, -0.1) is 0 Å². The number of nitrogens with one attached hydrogen (secondary N) is 1. The first-order chi connectivity index (χ1) is 11.6. The zero-order valence-corrected chi connectivity index (χ0v) is 15.4. The molecule has 0 aliphatic heterocycles. The Hall–Kier alpha value is -1.55. The molecule has 4 nitrogen and oxygen atoms in total. The molecule has 1 fully saturated rings. The van der Waals surface area contributed by atoms with E-state index < -0.39 is 0 Å². The normalized spacial score (nSPS) is 16.8. The van der Waals surface area contributed by atoms with E-state index in [2.05, 4.69) is 16.3 Å². The molecular formula is C20H32N2O2. The minimum Gasteiger partial charge on any atom is -0.496 e. The van der Waals surface area contributed by atoms with Crippen molar-refractivity contribution in [3.8, 4) is 5.75 Å². The van der Waals surface area contributed by atoms with Crippen molar-refractivity contribution in [3.63, 3.8) is 0 Å². The molecule has 0 radical (unpaired) electrons. The van der Waals surface area contributed by atoms with Crippen molar-refractivity contribution in [2.24, 2.45) is 5.92 Å². The third-order valence-electron chi connectivity index (χ3n) is 5.12. The lowest BCUT2D eigenvalue weighted by Crippen LogP contribution is -2.34. The number of likely N-dealkylation sites (N-methyl/N-ethyl adjacent to an activating group) is 1. The first-order valence-electron chi connectivity index (χ1n) is 9.18. The lowest BCUT2D eigenvalue weighted by atomic mass is 9.86. The highest BCUT2D eigenvalue weighted by Gasteiger charge is 2.20. The quantitative estimate of drug-likeness (QED) is 0.788. The first kappa shape index (κ1) is 18.8. The van der Waals surface area contributed by atoms with Crippen molar-refractivity contribution in [1.82, 2.24) is 10.2 Å². The van der Waals surface area contributed by atoms with E-state index in [9.17, 15) is 4.79 Å². The Balaban J connectivity index is 1.85. The summed E-state index contributed by atoms with van der Waals surface area (Å²) in [5.41, 5.74) is 1.11. The maximum atomic E-state index is 12.2. The average molecular weight is 332 g/mol. The van der Waals surface area contributed by atoms with Crippen LogP contribution in [0.4, 0.5) is 0 Å². The van der Waals surface area contributed by atoms with Crippen LogP contribution in [0.2, 0.25) is 0 Å². The van der Waals surface area contributed by atoms with Gasteiger partial charge in [-0.2, -0.15) is 0 Å². The van der Waals surface area contributed by atoms with E-state index >= 15 is 0 Å². The van der Waals surface area contributed by atoms with Gasteiger partial charge in [0.1, 0.15) is 5.75 Å². The molecule has 4 heteroatoms. The van der Waals surface area contributed by atoms with Crippen LogP contribution in [-0.4, -0.2) is 38.6 Å². The van der Waals surface area contributed by atoms with Gasteiger partial charge in [0.15, 0.2) is 0 Å². The molecule has 1 amide bonds. The SMILES string of the molecule is COc1ccccc1C(CNC(=O)CCC1CCCCC1)N(C)C. The number of rotatable bonds is 8. The van der Waals surface area contributed by atoms with Crippen LogP contribution in [0.3, 0.4) is 0 Å². The highest BCUT2D eigenvalue weighted by atomic mass is 16.5. The number of methoxy groups -OCH3 is 1. The molecule has 1 aliphatic carbocycles. The van der Waals surface area contributed by atoms with Gasteiger partial charge >= 0.3 is 0 Å². The number of ether oxygens (including phenoxy) is 1. The molecule has 0 saturated heterocycles. The van der Waals surface area contributed by atoms with Crippen LogP contribution in [0.1, 0.15) is 56.6 Å². The number of hydrogen-bond donors (Lipinski definition) is 1. The Kier molecular flexibility index (Phi) is 7.57. The summed E-state index contributed by atoms with van der Waals surface area (Å²) in [4.78, 5) is 14.4. The van der Waals surface area contributed by atoms with Gasteiger partial charge in [0.25, 0.3) is 0 Å². The zero-order valence-electron chi connectivity index (χ0n) is 15.4. The summed E-state index contributed by atoms with van der Waals surface area (Å²) < 4.78 is 5.47. The molecule has 0 spiro atoms. The third-order valence-corrected chi connectivity index (χ3v) is 5.12. The molecule has 1 saturated carbocycles. The third kappa shape index (κ3) is 5.52. The van der Waals surface area contributed by atoms with Gasteiger partial charge in [-0.25, -0.2) is 0 Å². The van der Waals surface area contributed by atoms with Crippen LogP contribution in [0.5, 0.6) is 5.75 Å². The molecule has 0 bridgehead atoms. The van der Waals surface area contributed by atoms with Crippen molar-refractivity contribution >= 4 is 5.91 Å². The van der Waals surface area contributed by atoms with Crippen molar-refractivity contribution in [2.45, 2.75) is 51.0 Å². The standard InChI is InChI=1S/C20H32N2O2/c1-22(2)18(17-11-7-8-12-19(17)24-3)15-21-20(23)14-13-16-9-5-4-6-10-16/h7-8,11-12,16,18H,4-6,9-10,13-15H2,1-3H3,(H,21,23). The maximum Gasteiger partial charge on any atom is 0.220 e. The number of amides is 1. The first-order valence-corrected chi connectivity index (χ1v) is 9.18. The van der Waals surface area contributed by atoms with Crippen molar-refractivity contribution < 1.29 is 9.53 Å². The Morgan fingerprint density at radius 1 is 1.25 bits per heavy atom. The molecule has 24 heavy (non-hydrogen) atoms. The summed E-state index contributed by atoms with van der Waals surface area (Å²) >= 11 is 0. The summed E-state index contributed by atoms with van der Waals surface area (Å²) in [7, 11) is 5.75. The van der Waals surface area contributed by atoms with E-state index in [0.29, 0.717) is 13.0 Å². The van der Waals surface area contributed by atoms with E-state index in [1.165, 1.54) is 32.1 Å². The molecule has 1 N–H and O–H groups in total. The predicted molar refractivity (Wildman–Crippen MR) is 98.2 cm³/mol. The largest absolute Gasteiger partial charge is 0.496 e. The van der Waals surface area contributed by atoms with Crippen LogP contribution in [0.25, 0.3) is 0 Å². The average Bonchev–Trinajstić information content (AvgIpc) is 2.61. The molecule has 0 heterocycles. The highest BCUT2D eigenvalue weighted by Crippen LogP contribution is 2.28. The van der Waals surface area contributed by atoms with Crippen molar-refractivity contribution in [2.75, 3.05) is 27.7 Å². The van der Waals surface area contributed by atoms with Crippen LogP contribution < -0.4 is 10.1 Å². The van der Waals surface area contributed by atoms with E-state index in [1.54, 1.807) is 7.11 Å². The second kappa shape index (κ2) is 9.67. The van der Waals surface area contributed by atoms with Crippen LogP contribution in [0, 0.1) is 5.92 Å². The molecule has 1 unspecified atom stereocenters. The fourth-order valence-electron chi connectivity index (χ4n) is 3.62. The number of carbonyl (C=O) groups is 1. The Morgan fingerprint density at radius 2 is 1.96 bits per heavy atom. The minimum absolute atomic E-state index is 0.111. The smallest absolute Gasteiger partial charge is 0.220 e. The van der Waals surface area contributed by atoms with Crippen LogP contribution in [-0.2, 0) is 4.79 Å². The van der Waals surface area contributed by atoms with Gasteiger partial charge in [0.05, 0.1) is 13.2 Å². The highest BCUT2D eigenvalue weighted by molar-refractivity contribution is 5.75. The topological polar surface area (TPSA) is 41.6 Å². The van der Waals surface area contributed by atoms with Crippen LogP contribution >= 0.6 is 0 Å². The zero-order chi connectivity index (χ0) is 17.4. The Labute approximate surface area is 146 Å². The number of para-hydroxylation sites is 1. The molecule has 1 aliphatic rings. The molecule has 134 valence electrons. The monoisotopic (exact) mass is 332 g/mol. The van der Waals surface area contributed by atoms with Gasteiger partial charge in [-0.05, 0) is 32.5 Å². The maximum absolute atomic E-state index is 12.2. The van der Waals surface area contributed by atoms with Gasteiger partial charge in [0.2, 0.25) is 5.91 Å². The number of hydrogen-bond acceptors (Lipinski definition) is 3. The number of nitrogens with zero attached hydrogens (tertiary/aromatic N) is 1. The van der Waals surface area contributed by atoms with E-state index in [1.807, 2.05) is 32.3 Å². The van der Waals surface area contributed by atoms with Gasteiger partial charge in [-0.1, -0.05) is 50.3 Å². The van der Waals surface area contributed by atoms with Gasteiger partial charge in [0, 0.05) is 18.5 Å². The Morgan fingerprint density at radius 3 is 2.62 bits per heavy atom. The van der Waals surface area contributed by atoms with Crippen LogP contribution in [0.15, 0.2) is 24.3 Å². The fraction of sp³-hybridized carbons (Fsp3) is 0.650. The second-order valence-corrected chi connectivity index (χ2v) is 7.07. The molecule has 0 aromatic heterocycles. The molecule has 2 rings (SSSR count). The van der Waals surface area contributed by atoms with E-state index in [-0.39, 0.29) is 11.9 Å². The number of carbonyl (C=O) groups excluding carboxylic acids is 1. The second-order valence-electron chi connectivity index (χ2n) is 7.07. The summed E-state index contributed by atoms with van der Waals surface area (Å²) in [5.74, 6) is 1.79. The van der Waals surface area contributed by atoms with E-state index in [4.69, 9.17) is 4.74 Å². The summed E-state index contributed by atoms with van der Waals surface area (Å²) in [6, 6.07) is 8.13.